The first-order valence-corrected chi connectivity index (χ1v) is 7.01. The molecule has 2 aromatic carbocycles. The van der Waals surface area contributed by atoms with Gasteiger partial charge in [0.2, 0.25) is 0 Å². The summed E-state index contributed by atoms with van der Waals surface area (Å²) in [5, 5.41) is 10.2. The number of rotatable bonds is 4. The van der Waals surface area contributed by atoms with E-state index < -0.39 is 11.9 Å². The maximum Gasteiger partial charge on any atom is 0.141 e. The zero-order valence-corrected chi connectivity index (χ0v) is 12.4. The monoisotopic (exact) mass is 292 g/mol. The molecule has 0 spiro atoms. The minimum atomic E-state index is -0.501. The zero-order valence-electron chi connectivity index (χ0n) is 11.7. The molecule has 2 aromatic rings. The average Bonchev–Trinajstić information content (AvgIpc) is 2.38. The SMILES string of the molecule is Cc1ccc(CC(O)Cc2ccc(F)c(Cl)c2)cc1C. The predicted molar refractivity (Wildman–Crippen MR) is 80.7 cm³/mol. The van der Waals surface area contributed by atoms with E-state index in [1.807, 2.05) is 6.07 Å². The van der Waals surface area contributed by atoms with E-state index in [9.17, 15) is 9.50 Å². The second-order valence-corrected chi connectivity index (χ2v) is 5.64. The number of hydrogen-bond acceptors (Lipinski definition) is 1. The van der Waals surface area contributed by atoms with Gasteiger partial charge in [0.1, 0.15) is 5.82 Å². The van der Waals surface area contributed by atoms with Crippen molar-refractivity contribution in [3.05, 3.63) is 69.5 Å². The lowest BCUT2D eigenvalue weighted by atomic mass is 9.98. The lowest BCUT2D eigenvalue weighted by molar-refractivity contribution is 0.175. The molecule has 2 rings (SSSR count). The van der Waals surface area contributed by atoms with Crippen LogP contribution in [-0.4, -0.2) is 11.2 Å². The summed E-state index contributed by atoms with van der Waals surface area (Å²) in [5.41, 5.74) is 4.41. The third-order valence-electron chi connectivity index (χ3n) is 3.50. The molecule has 0 aromatic heterocycles. The third-order valence-corrected chi connectivity index (χ3v) is 3.79. The molecule has 1 nitrogen and oxygen atoms in total. The third kappa shape index (κ3) is 3.81. The molecule has 0 aliphatic carbocycles. The molecular weight excluding hydrogens is 275 g/mol. The van der Waals surface area contributed by atoms with Gasteiger partial charge in [0.05, 0.1) is 11.1 Å². The highest BCUT2D eigenvalue weighted by molar-refractivity contribution is 6.30. The van der Waals surface area contributed by atoms with Crippen molar-refractivity contribution in [1.29, 1.82) is 0 Å². The molecule has 1 N–H and O–H groups in total. The summed E-state index contributed by atoms with van der Waals surface area (Å²) in [4.78, 5) is 0. The van der Waals surface area contributed by atoms with Crippen LogP contribution in [0, 0.1) is 19.7 Å². The smallest absolute Gasteiger partial charge is 0.141 e. The van der Waals surface area contributed by atoms with Gasteiger partial charge in [-0.1, -0.05) is 35.9 Å². The van der Waals surface area contributed by atoms with Crippen molar-refractivity contribution in [2.75, 3.05) is 0 Å². The summed E-state index contributed by atoms with van der Waals surface area (Å²) in [7, 11) is 0. The highest BCUT2D eigenvalue weighted by atomic mass is 35.5. The molecule has 0 saturated heterocycles. The second kappa shape index (κ2) is 6.38. The number of aryl methyl sites for hydroxylation is 2. The van der Waals surface area contributed by atoms with Gasteiger partial charge in [-0.25, -0.2) is 4.39 Å². The van der Waals surface area contributed by atoms with Gasteiger partial charge in [0.25, 0.3) is 0 Å². The minimum absolute atomic E-state index is 0.0980. The fourth-order valence-corrected chi connectivity index (χ4v) is 2.42. The van der Waals surface area contributed by atoms with E-state index in [1.54, 1.807) is 12.1 Å². The fourth-order valence-electron chi connectivity index (χ4n) is 2.21. The largest absolute Gasteiger partial charge is 0.392 e. The highest BCUT2D eigenvalue weighted by Crippen LogP contribution is 2.18. The van der Waals surface area contributed by atoms with Gasteiger partial charge >= 0.3 is 0 Å². The molecule has 0 heterocycles. The van der Waals surface area contributed by atoms with Crippen molar-refractivity contribution in [1.82, 2.24) is 0 Å². The normalized spacial score (nSPS) is 12.4. The van der Waals surface area contributed by atoms with Gasteiger partial charge in [0.15, 0.2) is 0 Å². The van der Waals surface area contributed by atoms with E-state index in [2.05, 4.69) is 26.0 Å². The van der Waals surface area contributed by atoms with Crippen molar-refractivity contribution >= 4 is 11.6 Å². The molecule has 20 heavy (non-hydrogen) atoms. The Hall–Kier alpha value is -1.38. The molecule has 0 amide bonds. The van der Waals surface area contributed by atoms with Crippen molar-refractivity contribution in [2.45, 2.75) is 32.8 Å². The maximum absolute atomic E-state index is 13.1. The molecular formula is C17H18ClFO. The Morgan fingerprint density at radius 1 is 1.00 bits per heavy atom. The molecule has 0 radical (unpaired) electrons. The van der Waals surface area contributed by atoms with E-state index in [4.69, 9.17) is 11.6 Å². The quantitative estimate of drug-likeness (QED) is 0.893. The standard InChI is InChI=1S/C17H18ClFO/c1-11-3-4-13(7-12(11)2)8-15(20)9-14-5-6-17(19)16(18)10-14/h3-7,10,15,20H,8-9H2,1-2H3. The molecule has 0 aliphatic heterocycles. The first-order valence-electron chi connectivity index (χ1n) is 6.64. The number of benzene rings is 2. The van der Waals surface area contributed by atoms with Crippen LogP contribution in [0.2, 0.25) is 5.02 Å². The van der Waals surface area contributed by atoms with Crippen LogP contribution in [0.15, 0.2) is 36.4 Å². The van der Waals surface area contributed by atoms with Crippen LogP contribution in [0.1, 0.15) is 22.3 Å². The first kappa shape index (κ1) is 15.0. The molecule has 0 fully saturated rings. The predicted octanol–water partition coefficient (Wildman–Crippen LogP) is 4.24. The number of hydrogen-bond donors (Lipinski definition) is 1. The molecule has 3 heteroatoms. The minimum Gasteiger partial charge on any atom is -0.392 e. The van der Waals surface area contributed by atoms with Gasteiger partial charge in [-0.05, 0) is 61.1 Å². The van der Waals surface area contributed by atoms with Gasteiger partial charge < -0.3 is 5.11 Å². The van der Waals surface area contributed by atoms with Crippen molar-refractivity contribution < 1.29 is 9.50 Å². The Morgan fingerprint density at radius 3 is 2.20 bits per heavy atom. The molecule has 106 valence electrons. The Labute approximate surface area is 124 Å². The Morgan fingerprint density at radius 2 is 1.60 bits per heavy atom. The molecule has 1 atom stereocenters. The van der Waals surface area contributed by atoms with Gasteiger partial charge in [-0.15, -0.1) is 0 Å². The van der Waals surface area contributed by atoms with E-state index in [0.29, 0.717) is 12.8 Å². The molecule has 0 bridgehead atoms. The van der Waals surface area contributed by atoms with Gasteiger partial charge in [-0.2, -0.15) is 0 Å². The number of aliphatic hydroxyl groups is 1. The van der Waals surface area contributed by atoms with Crippen molar-refractivity contribution in [2.24, 2.45) is 0 Å². The van der Waals surface area contributed by atoms with Crippen LogP contribution in [0.25, 0.3) is 0 Å². The Kier molecular flexibility index (Phi) is 4.79. The van der Waals surface area contributed by atoms with Crippen LogP contribution < -0.4 is 0 Å². The molecule has 0 aliphatic rings. The van der Waals surface area contributed by atoms with Crippen LogP contribution in [0.4, 0.5) is 4.39 Å². The summed E-state index contributed by atoms with van der Waals surface area (Å²) in [6.07, 6.45) is 0.543. The van der Waals surface area contributed by atoms with Gasteiger partial charge in [0, 0.05) is 0 Å². The van der Waals surface area contributed by atoms with E-state index in [1.165, 1.54) is 17.2 Å². The zero-order chi connectivity index (χ0) is 14.7. The maximum atomic E-state index is 13.1. The summed E-state index contributed by atoms with van der Waals surface area (Å²) < 4.78 is 13.1. The summed E-state index contributed by atoms with van der Waals surface area (Å²) in [5.74, 6) is -0.431. The number of aliphatic hydroxyl groups excluding tert-OH is 1. The lowest BCUT2D eigenvalue weighted by Gasteiger charge is -2.12. The summed E-state index contributed by atoms with van der Waals surface area (Å²) >= 11 is 5.74. The summed E-state index contributed by atoms with van der Waals surface area (Å²) in [6, 6.07) is 10.7. The van der Waals surface area contributed by atoms with Crippen LogP contribution in [0.3, 0.4) is 0 Å². The van der Waals surface area contributed by atoms with E-state index in [-0.39, 0.29) is 5.02 Å². The molecule has 1 unspecified atom stereocenters. The van der Waals surface area contributed by atoms with Crippen molar-refractivity contribution in [3.8, 4) is 0 Å². The summed E-state index contributed by atoms with van der Waals surface area (Å²) in [6.45, 7) is 4.13. The van der Waals surface area contributed by atoms with Crippen LogP contribution in [-0.2, 0) is 12.8 Å². The average molecular weight is 293 g/mol. The van der Waals surface area contributed by atoms with E-state index in [0.717, 1.165) is 11.1 Å². The molecule has 0 saturated carbocycles. The van der Waals surface area contributed by atoms with Crippen LogP contribution >= 0.6 is 11.6 Å². The lowest BCUT2D eigenvalue weighted by Crippen LogP contribution is -2.14. The second-order valence-electron chi connectivity index (χ2n) is 5.23. The fraction of sp³-hybridized carbons (Fsp3) is 0.294. The van der Waals surface area contributed by atoms with Crippen LogP contribution in [0.5, 0.6) is 0 Å². The van der Waals surface area contributed by atoms with E-state index >= 15 is 0 Å². The Bertz CT molecular complexity index is 556. The first-order chi connectivity index (χ1) is 9.45. The van der Waals surface area contributed by atoms with Crippen molar-refractivity contribution in [3.63, 3.8) is 0 Å². The topological polar surface area (TPSA) is 20.2 Å². The Balaban J connectivity index is 2.02. The van der Waals surface area contributed by atoms with Gasteiger partial charge in [-0.3, -0.25) is 0 Å². The highest BCUT2D eigenvalue weighted by Gasteiger charge is 2.09. The number of halogens is 2.